The molecule has 0 spiro atoms. The molecule has 0 unspecified atom stereocenters. The van der Waals surface area contributed by atoms with Gasteiger partial charge in [-0.25, -0.2) is 4.68 Å². The average Bonchev–Trinajstić information content (AvgIpc) is 2.61. The van der Waals surface area contributed by atoms with Gasteiger partial charge in [-0.2, -0.15) is 0 Å². The van der Waals surface area contributed by atoms with Crippen LogP contribution in [0.15, 0.2) is 41.3 Å². The molecule has 2 aromatic rings. The first-order valence-electron chi connectivity index (χ1n) is 4.73. The number of para-hydroxylation sites is 1. The predicted octanol–water partition coefficient (Wildman–Crippen LogP) is 1.23. The minimum Gasteiger partial charge on any atom is -0.372 e. The van der Waals surface area contributed by atoms with Gasteiger partial charge in [0.25, 0.3) is 5.56 Å². The van der Waals surface area contributed by atoms with E-state index in [0.717, 1.165) is 5.69 Å². The molecule has 78 valence electrons. The number of aromatic amines is 1. The number of nitrogens with zero attached hydrogens (tertiary/aromatic N) is 2. The van der Waals surface area contributed by atoms with Crippen LogP contribution in [0.25, 0.3) is 5.69 Å². The van der Waals surface area contributed by atoms with Crippen molar-refractivity contribution in [3.05, 3.63) is 46.9 Å². The number of hydrogen-bond donors (Lipinski definition) is 1. The van der Waals surface area contributed by atoms with Crippen molar-refractivity contribution < 1.29 is 0 Å². The maximum atomic E-state index is 11.9. The normalized spacial score (nSPS) is 10.3. The van der Waals surface area contributed by atoms with Crippen LogP contribution in [-0.4, -0.2) is 23.9 Å². The lowest BCUT2D eigenvalue weighted by molar-refractivity contribution is 0.848. The second-order valence-electron chi connectivity index (χ2n) is 3.53. The lowest BCUT2D eigenvalue weighted by atomic mass is 10.3. The highest BCUT2D eigenvalue weighted by atomic mass is 16.1. The Balaban J connectivity index is 2.52. The van der Waals surface area contributed by atoms with Gasteiger partial charge in [0.1, 0.15) is 5.69 Å². The number of hydrogen-bond acceptors (Lipinski definition) is 2. The average molecular weight is 203 g/mol. The van der Waals surface area contributed by atoms with Crippen molar-refractivity contribution in [2.24, 2.45) is 0 Å². The highest BCUT2D eigenvalue weighted by Gasteiger charge is 2.08. The molecule has 0 amide bonds. The third-order valence-electron chi connectivity index (χ3n) is 2.25. The summed E-state index contributed by atoms with van der Waals surface area (Å²) in [7, 11) is 3.69. The van der Waals surface area contributed by atoms with Crippen LogP contribution in [0.1, 0.15) is 0 Å². The fourth-order valence-electron chi connectivity index (χ4n) is 1.45. The Bertz CT molecular complexity index is 496. The molecular weight excluding hydrogens is 190 g/mol. The quantitative estimate of drug-likeness (QED) is 0.797. The third kappa shape index (κ3) is 1.66. The SMILES string of the molecule is CN(C)c1c[nH]n(-c2ccccc2)c1=O. The van der Waals surface area contributed by atoms with Crippen LogP contribution in [0.2, 0.25) is 0 Å². The highest BCUT2D eigenvalue weighted by molar-refractivity contribution is 5.43. The minimum atomic E-state index is -0.0359. The van der Waals surface area contributed by atoms with Crippen LogP contribution in [0.5, 0.6) is 0 Å². The van der Waals surface area contributed by atoms with Crippen LogP contribution in [0.3, 0.4) is 0 Å². The van der Waals surface area contributed by atoms with Gasteiger partial charge < -0.3 is 4.90 Å². The molecule has 0 fully saturated rings. The molecular formula is C11H13N3O. The van der Waals surface area contributed by atoms with Crippen molar-refractivity contribution in [2.75, 3.05) is 19.0 Å². The molecule has 1 aromatic carbocycles. The van der Waals surface area contributed by atoms with Gasteiger partial charge in [0, 0.05) is 20.3 Å². The predicted molar refractivity (Wildman–Crippen MR) is 60.7 cm³/mol. The Morgan fingerprint density at radius 1 is 1.20 bits per heavy atom. The first-order valence-corrected chi connectivity index (χ1v) is 4.73. The monoisotopic (exact) mass is 203 g/mol. The van der Waals surface area contributed by atoms with E-state index in [1.54, 1.807) is 11.1 Å². The van der Waals surface area contributed by atoms with Crippen molar-refractivity contribution in [3.63, 3.8) is 0 Å². The summed E-state index contributed by atoms with van der Waals surface area (Å²) < 4.78 is 1.52. The van der Waals surface area contributed by atoms with Crippen molar-refractivity contribution in [1.82, 2.24) is 9.78 Å². The molecule has 15 heavy (non-hydrogen) atoms. The van der Waals surface area contributed by atoms with Crippen molar-refractivity contribution in [1.29, 1.82) is 0 Å². The summed E-state index contributed by atoms with van der Waals surface area (Å²) in [5.41, 5.74) is 1.46. The molecule has 4 nitrogen and oxygen atoms in total. The lowest BCUT2D eigenvalue weighted by Gasteiger charge is -2.06. The highest BCUT2D eigenvalue weighted by Crippen LogP contribution is 2.06. The van der Waals surface area contributed by atoms with E-state index in [-0.39, 0.29) is 5.56 Å². The van der Waals surface area contributed by atoms with E-state index >= 15 is 0 Å². The van der Waals surface area contributed by atoms with E-state index in [1.165, 1.54) is 4.68 Å². The zero-order chi connectivity index (χ0) is 10.8. The molecule has 0 atom stereocenters. The zero-order valence-corrected chi connectivity index (χ0v) is 8.77. The fraction of sp³-hybridized carbons (Fsp3) is 0.182. The molecule has 4 heteroatoms. The first kappa shape index (κ1) is 9.58. The minimum absolute atomic E-state index is 0.0359. The second kappa shape index (κ2) is 3.65. The maximum absolute atomic E-state index is 11.9. The zero-order valence-electron chi connectivity index (χ0n) is 8.77. The maximum Gasteiger partial charge on any atom is 0.294 e. The number of nitrogens with one attached hydrogen (secondary N) is 1. The number of H-pyrrole nitrogens is 1. The summed E-state index contributed by atoms with van der Waals surface area (Å²) in [5, 5.41) is 2.93. The summed E-state index contributed by atoms with van der Waals surface area (Å²) in [6.45, 7) is 0. The van der Waals surface area contributed by atoms with Gasteiger partial charge in [0.15, 0.2) is 0 Å². The van der Waals surface area contributed by atoms with Crippen LogP contribution in [-0.2, 0) is 0 Å². The standard InChI is InChI=1S/C11H13N3O/c1-13(2)10-8-12-14(11(10)15)9-6-4-3-5-7-9/h3-8,12H,1-2H3. The molecule has 0 saturated carbocycles. The molecule has 0 bridgehead atoms. The molecule has 0 radical (unpaired) electrons. The van der Waals surface area contributed by atoms with Gasteiger partial charge in [0.2, 0.25) is 0 Å². The molecule has 2 rings (SSSR count). The van der Waals surface area contributed by atoms with Crippen molar-refractivity contribution >= 4 is 5.69 Å². The lowest BCUT2D eigenvalue weighted by Crippen LogP contribution is -2.21. The smallest absolute Gasteiger partial charge is 0.294 e. The van der Waals surface area contributed by atoms with Crippen LogP contribution >= 0.6 is 0 Å². The largest absolute Gasteiger partial charge is 0.372 e. The number of benzene rings is 1. The Kier molecular flexibility index (Phi) is 2.33. The van der Waals surface area contributed by atoms with Crippen LogP contribution < -0.4 is 10.5 Å². The van der Waals surface area contributed by atoms with Gasteiger partial charge in [-0.05, 0) is 12.1 Å². The Morgan fingerprint density at radius 3 is 2.40 bits per heavy atom. The topological polar surface area (TPSA) is 41.0 Å². The van der Waals surface area contributed by atoms with E-state index in [1.807, 2.05) is 44.4 Å². The van der Waals surface area contributed by atoms with E-state index in [9.17, 15) is 4.79 Å². The van der Waals surface area contributed by atoms with E-state index < -0.39 is 0 Å². The van der Waals surface area contributed by atoms with E-state index in [0.29, 0.717) is 5.69 Å². The third-order valence-corrected chi connectivity index (χ3v) is 2.25. The molecule has 0 saturated heterocycles. The Hall–Kier alpha value is -1.97. The van der Waals surface area contributed by atoms with Crippen LogP contribution in [0, 0.1) is 0 Å². The second-order valence-corrected chi connectivity index (χ2v) is 3.53. The summed E-state index contributed by atoms with van der Waals surface area (Å²) >= 11 is 0. The molecule has 0 aliphatic carbocycles. The summed E-state index contributed by atoms with van der Waals surface area (Å²) in [6, 6.07) is 9.49. The van der Waals surface area contributed by atoms with Crippen molar-refractivity contribution in [2.45, 2.75) is 0 Å². The number of anilines is 1. The molecule has 1 heterocycles. The van der Waals surface area contributed by atoms with Crippen LogP contribution in [0.4, 0.5) is 5.69 Å². The van der Waals surface area contributed by atoms with E-state index in [2.05, 4.69) is 5.10 Å². The van der Waals surface area contributed by atoms with E-state index in [4.69, 9.17) is 0 Å². The van der Waals surface area contributed by atoms with Gasteiger partial charge in [-0.3, -0.25) is 9.89 Å². The van der Waals surface area contributed by atoms with Gasteiger partial charge >= 0.3 is 0 Å². The fourth-order valence-corrected chi connectivity index (χ4v) is 1.45. The summed E-state index contributed by atoms with van der Waals surface area (Å²) in [5.74, 6) is 0. The first-order chi connectivity index (χ1) is 7.20. The van der Waals surface area contributed by atoms with Crippen molar-refractivity contribution in [3.8, 4) is 5.69 Å². The van der Waals surface area contributed by atoms with Gasteiger partial charge in [0.05, 0.1) is 5.69 Å². The summed E-state index contributed by atoms with van der Waals surface area (Å²) in [6.07, 6.45) is 1.70. The molecule has 1 N–H and O–H groups in total. The van der Waals surface area contributed by atoms with Gasteiger partial charge in [-0.15, -0.1) is 0 Å². The molecule has 0 aliphatic rings. The van der Waals surface area contributed by atoms with Gasteiger partial charge in [-0.1, -0.05) is 18.2 Å². The Morgan fingerprint density at radius 2 is 1.87 bits per heavy atom. The number of rotatable bonds is 2. The summed E-state index contributed by atoms with van der Waals surface area (Å²) in [4.78, 5) is 13.7. The molecule has 1 aromatic heterocycles. The number of aromatic nitrogens is 2. The Labute approximate surface area is 87.7 Å². The molecule has 0 aliphatic heterocycles.